The standard InChI is InChI=1S/C33H39ClN2O2S/c1-8-9-10-28-30(22-11-13-23(14-12-22)32(2,3)4)27-20-17-25(34)21-29(27)31(28)35-36-39(37,38)26-18-15-24(16-19-26)33(5,6)7/h11-21,36H,8-10H2,1-7H3/b35-31-. The zero-order chi connectivity index (χ0) is 28.6. The fourth-order valence-corrected chi connectivity index (χ4v) is 5.84. The van der Waals surface area contributed by atoms with Crippen LogP contribution >= 0.6 is 11.6 Å². The van der Waals surface area contributed by atoms with Gasteiger partial charge in [0.2, 0.25) is 0 Å². The summed E-state index contributed by atoms with van der Waals surface area (Å²) in [6, 6.07) is 21.4. The monoisotopic (exact) mass is 562 g/mol. The molecule has 0 saturated heterocycles. The van der Waals surface area contributed by atoms with Gasteiger partial charge < -0.3 is 0 Å². The molecule has 1 aliphatic carbocycles. The first kappa shape index (κ1) is 29.1. The summed E-state index contributed by atoms with van der Waals surface area (Å²) in [4.78, 5) is 2.71. The number of fused-ring (bicyclic) bond motifs is 1. The van der Waals surface area contributed by atoms with Crippen molar-refractivity contribution >= 4 is 32.9 Å². The smallest absolute Gasteiger partial charge is 0.200 e. The average molecular weight is 563 g/mol. The Morgan fingerprint density at radius 2 is 1.36 bits per heavy atom. The first-order chi connectivity index (χ1) is 18.2. The Balaban J connectivity index is 1.80. The lowest BCUT2D eigenvalue weighted by Crippen LogP contribution is -2.21. The Morgan fingerprint density at radius 3 is 1.90 bits per heavy atom. The molecule has 0 saturated carbocycles. The summed E-state index contributed by atoms with van der Waals surface area (Å²) >= 11 is 6.43. The fourth-order valence-electron chi connectivity index (χ4n) is 4.86. The minimum atomic E-state index is -3.86. The number of halogens is 1. The van der Waals surface area contributed by atoms with Crippen LogP contribution in [0.3, 0.4) is 0 Å². The number of hydrazone groups is 1. The first-order valence-corrected chi connectivity index (χ1v) is 15.4. The summed E-state index contributed by atoms with van der Waals surface area (Å²) in [6.45, 7) is 15.1. The largest absolute Gasteiger partial charge is 0.276 e. The lowest BCUT2D eigenvalue weighted by molar-refractivity contribution is 0.580. The number of rotatable bonds is 7. The van der Waals surface area contributed by atoms with E-state index in [1.807, 2.05) is 30.3 Å². The van der Waals surface area contributed by atoms with Gasteiger partial charge >= 0.3 is 0 Å². The predicted molar refractivity (Wildman–Crippen MR) is 164 cm³/mol. The molecule has 0 bridgehead atoms. The van der Waals surface area contributed by atoms with Crippen LogP contribution in [-0.4, -0.2) is 14.1 Å². The SMILES string of the molecule is CCCCC1=C(c2ccc(C(C)(C)C)cc2)c2ccc(Cl)cc2/C1=N\NS(=O)(=O)c1ccc(C(C)(C)C)cc1. The van der Waals surface area contributed by atoms with Gasteiger partial charge in [-0.3, -0.25) is 0 Å². The molecule has 4 rings (SSSR count). The minimum Gasteiger partial charge on any atom is -0.200 e. The van der Waals surface area contributed by atoms with E-state index in [0.29, 0.717) is 10.7 Å². The maximum Gasteiger partial charge on any atom is 0.276 e. The second-order valence-corrected chi connectivity index (χ2v) is 14.4. The predicted octanol–water partition coefficient (Wildman–Crippen LogP) is 8.62. The summed E-state index contributed by atoms with van der Waals surface area (Å²) in [6.07, 6.45) is 2.75. The van der Waals surface area contributed by atoms with Crippen LogP contribution in [0.4, 0.5) is 0 Å². The van der Waals surface area contributed by atoms with Crippen LogP contribution < -0.4 is 4.83 Å². The van der Waals surface area contributed by atoms with Gasteiger partial charge in [0.25, 0.3) is 10.0 Å². The normalized spacial score (nSPS) is 15.1. The summed E-state index contributed by atoms with van der Waals surface area (Å²) in [5, 5.41) is 5.14. The molecule has 4 nitrogen and oxygen atoms in total. The Kier molecular flexibility index (Phi) is 8.16. The third-order valence-corrected chi connectivity index (χ3v) is 8.68. The number of nitrogens with zero attached hydrogens (tertiary/aromatic N) is 1. The second kappa shape index (κ2) is 10.9. The number of hydrogen-bond donors (Lipinski definition) is 1. The van der Waals surface area contributed by atoms with Gasteiger partial charge in [0.05, 0.1) is 10.6 Å². The van der Waals surface area contributed by atoms with Crippen LogP contribution in [0.15, 0.2) is 82.3 Å². The van der Waals surface area contributed by atoms with Crippen LogP contribution in [0.2, 0.25) is 5.02 Å². The van der Waals surface area contributed by atoms with E-state index in [0.717, 1.165) is 52.7 Å². The maximum atomic E-state index is 13.3. The third-order valence-electron chi connectivity index (χ3n) is 7.22. The van der Waals surface area contributed by atoms with Crippen molar-refractivity contribution in [2.75, 3.05) is 0 Å². The molecule has 0 atom stereocenters. The van der Waals surface area contributed by atoms with E-state index in [2.05, 4.69) is 82.7 Å². The Labute approximate surface area is 239 Å². The van der Waals surface area contributed by atoms with E-state index >= 15 is 0 Å². The molecule has 0 radical (unpaired) electrons. The highest BCUT2D eigenvalue weighted by Gasteiger charge is 2.30. The van der Waals surface area contributed by atoms with E-state index in [-0.39, 0.29) is 15.7 Å². The molecule has 206 valence electrons. The maximum absolute atomic E-state index is 13.3. The van der Waals surface area contributed by atoms with E-state index in [4.69, 9.17) is 11.6 Å². The minimum absolute atomic E-state index is 0.0506. The van der Waals surface area contributed by atoms with Gasteiger partial charge in [-0.2, -0.15) is 18.4 Å². The molecule has 0 heterocycles. The van der Waals surface area contributed by atoms with Gasteiger partial charge in [-0.15, -0.1) is 0 Å². The van der Waals surface area contributed by atoms with E-state index in [9.17, 15) is 8.42 Å². The quantitative estimate of drug-likeness (QED) is 0.293. The Hall–Kier alpha value is -2.89. The van der Waals surface area contributed by atoms with Gasteiger partial charge in [-0.25, -0.2) is 0 Å². The molecular weight excluding hydrogens is 524 g/mol. The van der Waals surface area contributed by atoms with Crippen molar-refractivity contribution in [1.82, 2.24) is 4.83 Å². The van der Waals surface area contributed by atoms with Crippen molar-refractivity contribution in [3.63, 3.8) is 0 Å². The number of unbranched alkanes of at least 4 members (excludes halogenated alkanes) is 1. The van der Waals surface area contributed by atoms with Gasteiger partial charge in [-0.1, -0.05) is 109 Å². The van der Waals surface area contributed by atoms with Crippen molar-refractivity contribution < 1.29 is 8.42 Å². The van der Waals surface area contributed by atoms with Crippen LogP contribution in [-0.2, 0) is 20.9 Å². The van der Waals surface area contributed by atoms with Crippen molar-refractivity contribution in [2.24, 2.45) is 5.10 Å². The number of benzene rings is 3. The van der Waals surface area contributed by atoms with Gasteiger partial charge in [0.1, 0.15) is 0 Å². The Bertz CT molecular complexity index is 1520. The van der Waals surface area contributed by atoms with Crippen LogP contribution in [0, 0.1) is 0 Å². The van der Waals surface area contributed by atoms with Gasteiger partial charge in [-0.05, 0) is 81.3 Å². The average Bonchev–Trinajstić information content (AvgIpc) is 3.17. The van der Waals surface area contributed by atoms with Crippen molar-refractivity contribution in [3.05, 3.63) is 105 Å². The molecule has 6 heteroatoms. The molecule has 3 aromatic carbocycles. The van der Waals surface area contributed by atoms with Crippen molar-refractivity contribution in [2.45, 2.75) is 83.5 Å². The second-order valence-electron chi connectivity index (χ2n) is 12.3. The molecule has 39 heavy (non-hydrogen) atoms. The third kappa shape index (κ3) is 6.31. The number of sulfonamides is 1. The summed E-state index contributed by atoms with van der Waals surface area (Å²) < 4.78 is 26.5. The highest BCUT2D eigenvalue weighted by atomic mass is 35.5. The molecule has 0 aromatic heterocycles. The summed E-state index contributed by atoms with van der Waals surface area (Å²) in [5.74, 6) is 0. The highest BCUT2D eigenvalue weighted by Crippen LogP contribution is 2.41. The summed E-state index contributed by atoms with van der Waals surface area (Å²) in [7, 11) is -3.86. The number of nitrogens with one attached hydrogen (secondary N) is 1. The molecule has 0 fully saturated rings. The number of allylic oxidation sites excluding steroid dienone is 1. The van der Waals surface area contributed by atoms with Crippen LogP contribution in [0.5, 0.6) is 0 Å². The van der Waals surface area contributed by atoms with Gasteiger partial charge in [0.15, 0.2) is 0 Å². The van der Waals surface area contributed by atoms with Crippen LogP contribution in [0.1, 0.15) is 95.5 Å². The molecule has 1 N–H and O–H groups in total. The molecule has 0 spiro atoms. The molecule has 3 aromatic rings. The zero-order valence-electron chi connectivity index (χ0n) is 24.0. The number of hydrogen-bond acceptors (Lipinski definition) is 3. The lowest BCUT2D eigenvalue weighted by Gasteiger charge is -2.19. The van der Waals surface area contributed by atoms with Crippen molar-refractivity contribution in [3.8, 4) is 0 Å². The Morgan fingerprint density at radius 1 is 0.795 bits per heavy atom. The molecule has 0 amide bonds. The highest BCUT2D eigenvalue weighted by molar-refractivity contribution is 7.89. The van der Waals surface area contributed by atoms with Gasteiger partial charge in [0, 0.05) is 10.6 Å². The van der Waals surface area contributed by atoms with E-state index < -0.39 is 10.0 Å². The van der Waals surface area contributed by atoms with E-state index in [1.54, 1.807) is 12.1 Å². The van der Waals surface area contributed by atoms with Crippen LogP contribution in [0.25, 0.3) is 5.57 Å². The summed E-state index contributed by atoms with van der Waals surface area (Å²) in [5.41, 5.74) is 8.00. The zero-order valence-corrected chi connectivity index (χ0v) is 25.6. The van der Waals surface area contributed by atoms with Crippen molar-refractivity contribution in [1.29, 1.82) is 0 Å². The molecule has 1 aliphatic rings. The lowest BCUT2D eigenvalue weighted by atomic mass is 9.85. The topological polar surface area (TPSA) is 58.5 Å². The molecular formula is C33H39ClN2O2S. The first-order valence-electron chi connectivity index (χ1n) is 13.6. The van der Waals surface area contributed by atoms with E-state index in [1.165, 1.54) is 5.56 Å². The molecule has 0 unspecified atom stereocenters. The fraction of sp³-hybridized carbons (Fsp3) is 0.364. The molecule has 0 aliphatic heterocycles.